The molecule has 0 radical (unpaired) electrons. The van der Waals surface area contributed by atoms with E-state index in [0.717, 1.165) is 29.0 Å². The quantitative estimate of drug-likeness (QED) is 0.823. The Morgan fingerprint density at radius 2 is 1.69 bits per heavy atom. The first kappa shape index (κ1) is 18.5. The summed E-state index contributed by atoms with van der Waals surface area (Å²) >= 11 is 0. The summed E-state index contributed by atoms with van der Waals surface area (Å²) in [6.45, 7) is 0.713. The lowest BCUT2D eigenvalue weighted by molar-refractivity contribution is 0.0719. The highest BCUT2D eigenvalue weighted by Gasteiger charge is 2.37. The van der Waals surface area contributed by atoms with Crippen molar-refractivity contribution in [2.75, 3.05) is 34.5 Å². The Balaban J connectivity index is 1.74. The molecule has 140 valence electrons. The zero-order valence-corrected chi connectivity index (χ0v) is 15.5. The minimum Gasteiger partial charge on any atom is -0.497 e. The maximum Gasteiger partial charge on any atom is 0.160 e. The molecule has 2 aromatic carbocycles. The molecule has 5 heteroatoms. The van der Waals surface area contributed by atoms with Gasteiger partial charge >= 0.3 is 0 Å². The molecule has 1 aliphatic rings. The van der Waals surface area contributed by atoms with Crippen molar-refractivity contribution in [3.63, 3.8) is 0 Å². The van der Waals surface area contributed by atoms with Gasteiger partial charge in [-0.1, -0.05) is 18.2 Å². The van der Waals surface area contributed by atoms with E-state index >= 15 is 0 Å². The molecule has 1 fully saturated rings. The summed E-state index contributed by atoms with van der Waals surface area (Å²) in [6.07, 6.45) is 0.717. The average Bonchev–Trinajstić information content (AvgIpc) is 3.10. The first-order chi connectivity index (χ1) is 12.7. The molecule has 0 spiro atoms. The topological polar surface area (TPSA) is 57.2 Å². The molecule has 2 aromatic rings. The van der Waals surface area contributed by atoms with Gasteiger partial charge in [-0.3, -0.25) is 0 Å². The number of ether oxygens (including phenoxy) is 4. The van der Waals surface area contributed by atoms with Crippen molar-refractivity contribution in [1.82, 2.24) is 0 Å². The van der Waals surface area contributed by atoms with Crippen LogP contribution in [0, 0.1) is 11.8 Å². The third-order valence-corrected chi connectivity index (χ3v) is 5.09. The minimum absolute atomic E-state index is 0.0523. The van der Waals surface area contributed by atoms with Gasteiger partial charge in [-0.2, -0.15) is 0 Å². The van der Waals surface area contributed by atoms with Crippen molar-refractivity contribution in [3.05, 3.63) is 53.6 Å². The van der Waals surface area contributed by atoms with Crippen molar-refractivity contribution >= 4 is 0 Å². The molecule has 0 aliphatic carbocycles. The van der Waals surface area contributed by atoms with Gasteiger partial charge in [-0.05, 0) is 47.7 Å². The van der Waals surface area contributed by atoms with Crippen LogP contribution >= 0.6 is 0 Å². The number of benzene rings is 2. The maximum absolute atomic E-state index is 9.98. The molecule has 26 heavy (non-hydrogen) atoms. The second-order valence-corrected chi connectivity index (χ2v) is 6.53. The molecule has 3 atom stereocenters. The van der Waals surface area contributed by atoms with Crippen LogP contribution in [0.4, 0.5) is 0 Å². The van der Waals surface area contributed by atoms with Crippen LogP contribution in [-0.2, 0) is 11.2 Å². The van der Waals surface area contributed by atoms with Crippen LogP contribution in [0.25, 0.3) is 0 Å². The number of methoxy groups -OCH3 is 3. The van der Waals surface area contributed by atoms with E-state index in [2.05, 4.69) is 0 Å². The highest BCUT2D eigenvalue weighted by atomic mass is 16.5. The monoisotopic (exact) mass is 358 g/mol. The largest absolute Gasteiger partial charge is 0.497 e. The van der Waals surface area contributed by atoms with Gasteiger partial charge in [0.05, 0.1) is 34.0 Å². The van der Waals surface area contributed by atoms with Crippen LogP contribution in [0.5, 0.6) is 17.2 Å². The van der Waals surface area contributed by atoms with Gasteiger partial charge in [0.2, 0.25) is 0 Å². The molecule has 5 nitrogen and oxygen atoms in total. The fourth-order valence-electron chi connectivity index (χ4n) is 3.62. The van der Waals surface area contributed by atoms with Crippen LogP contribution < -0.4 is 14.2 Å². The Hall–Kier alpha value is -2.24. The maximum atomic E-state index is 9.98. The van der Waals surface area contributed by atoms with Gasteiger partial charge in [-0.15, -0.1) is 0 Å². The Morgan fingerprint density at radius 1 is 0.962 bits per heavy atom. The van der Waals surface area contributed by atoms with E-state index in [-0.39, 0.29) is 24.5 Å². The third-order valence-electron chi connectivity index (χ3n) is 5.09. The molecule has 3 rings (SSSR count). The summed E-state index contributed by atoms with van der Waals surface area (Å²) in [4.78, 5) is 0. The first-order valence-electron chi connectivity index (χ1n) is 8.77. The molecule has 0 aromatic heterocycles. The molecule has 1 N–H and O–H groups in total. The van der Waals surface area contributed by atoms with Crippen molar-refractivity contribution in [3.8, 4) is 17.2 Å². The highest BCUT2D eigenvalue weighted by molar-refractivity contribution is 5.43. The van der Waals surface area contributed by atoms with Crippen LogP contribution in [0.2, 0.25) is 0 Å². The molecule has 0 amide bonds. The zero-order valence-electron chi connectivity index (χ0n) is 15.5. The van der Waals surface area contributed by atoms with Crippen LogP contribution in [0.15, 0.2) is 42.5 Å². The van der Waals surface area contributed by atoms with Crippen molar-refractivity contribution in [2.45, 2.75) is 12.5 Å². The molecule has 0 unspecified atom stereocenters. The Kier molecular flexibility index (Phi) is 6.01. The molecule has 0 bridgehead atoms. The normalized spacial score (nSPS) is 22.2. The molecular weight excluding hydrogens is 332 g/mol. The summed E-state index contributed by atoms with van der Waals surface area (Å²) in [7, 11) is 4.91. The number of rotatable bonds is 7. The van der Waals surface area contributed by atoms with Crippen molar-refractivity contribution < 1.29 is 24.1 Å². The van der Waals surface area contributed by atoms with Gasteiger partial charge in [-0.25, -0.2) is 0 Å². The van der Waals surface area contributed by atoms with E-state index in [0.29, 0.717) is 12.4 Å². The van der Waals surface area contributed by atoms with Crippen LogP contribution in [0.1, 0.15) is 17.2 Å². The van der Waals surface area contributed by atoms with Gasteiger partial charge in [0, 0.05) is 12.5 Å². The molecule has 1 saturated heterocycles. The highest BCUT2D eigenvalue weighted by Crippen LogP contribution is 2.40. The Bertz CT molecular complexity index is 713. The second kappa shape index (κ2) is 8.43. The lowest BCUT2D eigenvalue weighted by Crippen LogP contribution is -2.21. The second-order valence-electron chi connectivity index (χ2n) is 6.53. The fraction of sp³-hybridized carbons (Fsp3) is 0.429. The summed E-state index contributed by atoms with van der Waals surface area (Å²) in [5.41, 5.74) is 2.21. The van der Waals surface area contributed by atoms with E-state index in [1.54, 1.807) is 21.3 Å². The van der Waals surface area contributed by atoms with E-state index in [1.807, 2.05) is 42.5 Å². The molecule has 0 saturated carbocycles. The van der Waals surface area contributed by atoms with Gasteiger partial charge in [0.25, 0.3) is 0 Å². The SMILES string of the molecule is COc1ccc([C@H]2OC[C@H](Cc3ccc(OC)c(OC)c3)[C@@H]2CO)cc1. The lowest BCUT2D eigenvalue weighted by Gasteiger charge is -2.21. The van der Waals surface area contributed by atoms with Crippen LogP contribution in [-0.4, -0.2) is 39.6 Å². The van der Waals surface area contributed by atoms with Gasteiger partial charge in [0.1, 0.15) is 5.75 Å². The smallest absolute Gasteiger partial charge is 0.160 e. The number of hydrogen-bond acceptors (Lipinski definition) is 5. The van der Waals surface area contributed by atoms with Gasteiger partial charge in [0.15, 0.2) is 11.5 Å². The summed E-state index contributed by atoms with van der Waals surface area (Å²) in [5, 5.41) is 9.98. The standard InChI is InChI=1S/C21H26O5/c1-23-17-7-5-15(6-8-17)21-18(12-22)16(13-26-21)10-14-4-9-19(24-2)20(11-14)25-3/h4-9,11,16,18,21-22H,10,12-13H2,1-3H3/t16-,18-,21+/m0/s1. The summed E-state index contributed by atoms with van der Waals surface area (Å²) in [6, 6.07) is 13.8. The molecule has 1 aliphatic heterocycles. The van der Waals surface area contributed by atoms with Crippen molar-refractivity contribution in [1.29, 1.82) is 0 Å². The van der Waals surface area contributed by atoms with E-state index in [1.165, 1.54) is 0 Å². The Morgan fingerprint density at radius 3 is 2.31 bits per heavy atom. The number of hydrogen-bond donors (Lipinski definition) is 1. The van der Waals surface area contributed by atoms with E-state index in [9.17, 15) is 5.11 Å². The minimum atomic E-state index is -0.101. The number of aliphatic hydroxyl groups is 1. The lowest BCUT2D eigenvalue weighted by atomic mass is 9.84. The van der Waals surface area contributed by atoms with E-state index < -0.39 is 0 Å². The fourth-order valence-corrected chi connectivity index (χ4v) is 3.62. The molecular formula is C21H26O5. The van der Waals surface area contributed by atoms with Crippen LogP contribution in [0.3, 0.4) is 0 Å². The summed E-state index contributed by atoms with van der Waals surface area (Å²) in [5.74, 6) is 2.54. The Labute approximate surface area is 154 Å². The molecule has 1 heterocycles. The number of aliphatic hydroxyl groups excluding tert-OH is 1. The predicted octanol–water partition coefficient (Wildman–Crippen LogP) is 3.25. The zero-order chi connectivity index (χ0) is 18.5. The summed E-state index contributed by atoms with van der Waals surface area (Å²) < 4.78 is 21.9. The van der Waals surface area contributed by atoms with Crippen molar-refractivity contribution in [2.24, 2.45) is 11.8 Å². The average molecular weight is 358 g/mol. The van der Waals surface area contributed by atoms with Gasteiger partial charge < -0.3 is 24.1 Å². The predicted molar refractivity (Wildman–Crippen MR) is 99.0 cm³/mol. The van der Waals surface area contributed by atoms with E-state index in [4.69, 9.17) is 18.9 Å². The first-order valence-corrected chi connectivity index (χ1v) is 8.77. The third kappa shape index (κ3) is 3.79.